The Balaban J connectivity index is 2.32. The molecular weight excluding hydrogens is 272 g/mol. The maximum absolute atomic E-state index is 12.7. The molecule has 110 valence electrons. The van der Waals surface area contributed by atoms with Crippen molar-refractivity contribution in [2.45, 2.75) is 58.4 Å². The lowest BCUT2D eigenvalue weighted by Crippen LogP contribution is -2.42. The van der Waals surface area contributed by atoms with E-state index in [2.05, 4.69) is 32.7 Å². The molecule has 1 amide bonds. The number of nitrogens with zero attached hydrogens (tertiary/aromatic N) is 2. The number of rotatable bonds is 1. The van der Waals surface area contributed by atoms with Crippen LogP contribution in [-0.2, 0) is 5.41 Å². The van der Waals surface area contributed by atoms with Gasteiger partial charge in [-0.2, -0.15) is 0 Å². The molecule has 0 bridgehead atoms. The Kier molecular flexibility index (Phi) is 4.38. The van der Waals surface area contributed by atoms with E-state index in [0.29, 0.717) is 16.8 Å². The minimum Gasteiger partial charge on any atom is -0.336 e. The number of hydrogen-bond donors (Lipinski definition) is 0. The van der Waals surface area contributed by atoms with Crippen molar-refractivity contribution < 1.29 is 4.79 Å². The zero-order valence-corrected chi connectivity index (χ0v) is 13.5. The van der Waals surface area contributed by atoms with Crippen LogP contribution in [0.4, 0.5) is 0 Å². The van der Waals surface area contributed by atoms with Crippen molar-refractivity contribution in [2.24, 2.45) is 0 Å². The molecule has 0 radical (unpaired) electrons. The van der Waals surface area contributed by atoms with Gasteiger partial charge in [-0.1, -0.05) is 32.4 Å². The first-order chi connectivity index (χ1) is 9.29. The van der Waals surface area contributed by atoms with Crippen molar-refractivity contribution in [3.63, 3.8) is 0 Å². The summed E-state index contributed by atoms with van der Waals surface area (Å²) in [4.78, 5) is 19.0. The molecular formula is C16H23ClN2O. The molecule has 0 saturated carbocycles. The normalized spacial score (nSPS) is 20.1. The highest BCUT2D eigenvalue weighted by Gasteiger charge is 2.26. The largest absolute Gasteiger partial charge is 0.336 e. The van der Waals surface area contributed by atoms with Gasteiger partial charge in [-0.15, -0.1) is 0 Å². The maximum atomic E-state index is 12.7. The zero-order chi connectivity index (χ0) is 14.9. The SMILES string of the molecule is CC1CCCCN1C(=O)c1cc(Cl)nc(C(C)(C)C)c1. The average molecular weight is 295 g/mol. The second-order valence-corrected chi connectivity index (χ2v) is 7.04. The average Bonchev–Trinajstić information content (AvgIpc) is 2.37. The zero-order valence-electron chi connectivity index (χ0n) is 12.7. The quantitative estimate of drug-likeness (QED) is 0.732. The summed E-state index contributed by atoms with van der Waals surface area (Å²) < 4.78 is 0. The Bertz CT molecular complexity index is 508. The Hall–Kier alpha value is -1.09. The molecule has 0 N–H and O–H groups in total. The number of pyridine rings is 1. The van der Waals surface area contributed by atoms with Gasteiger partial charge >= 0.3 is 0 Å². The molecule has 0 spiro atoms. The second kappa shape index (κ2) is 5.72. The van der Waals surface area contributed by atoms with Crippen LogP contribution in [-0.4, -0.2) is 28.4 Å². The Morgan fingerprint density at radius 2 is 2.05 bits per heavy atom. The van der Waals surface area contributed by atoms with Crippen LogP contribution in [0, 0.1) is 0 Å². The topological polar surface area (TPSA) is 33.2 Å². The van der Waals surface area contributed by atoms with E-state index in [1.165, 1.54) is 6.42 Å². The summed E-state index contributed by atoms with van der Waals surface area (Å²) in [7, 11) is 0. The highest BCUT2D eigenvalue weighted by atomic mass is 35.5. The van der Waals surface area contributed by atoms with Crippen LogP contribution in [0.2, 0.25) is 5.15 Å². The minimum atomic E-state index is -0.118. The number of carbonyl (C=O) groups excluding carboxylic acids is 1. The first kappa shape index (κ1) is 15.3. The van der Waals surface area contributed by atoms with Gasteiger partial charge in [0.25, 0.3) is 5.91 Å². The smallest absolute Gasteiger partial charge is 0.254 e. The predicted octanol–water partition coefficient (Wildman–Crippen LogP) is 4.05. The number of halogens is 1. The Labute approximate surface area is 126 Å². The van der Waals surface area contributed by atoms with Crippen molar-refractivity contribution in [3.05, 3.63) is 28.5 Å². The fraction of sp³-hybridized carbons (Fsp3) is 0.625. The first-order valence-corrected chi connectivity index (χ1v) is 7.66. The Morgan fingerprint density at radius 1 is 1.35 bits per heavy atom. The van der Waals surface area contributed by atoms with Crippen molar-refractivity contribution in [2.75, 3.05) is 6.54 Å². The number of piperidine rings is 1. The van der Waals surface area contributed by atoms with E-state index in [1.54, 1.807) is 6.07 Å². The standard InChI is InChI=1S/C16H23ClN2O/c1-11-7-5-6-8-19(11)15(20)12-9-13(16(2,3)4)18-14(17)10-12/h9-11H,5-8H2,1-4H3. The third kappa shape index (κ3) is 3.32. The van der Waals surface area contributed by atoms with Crippen molar-refractivity contribution in [3.8, 4) is 0 Å². The van der Waals surface area contributed by atoms with E-state index < -0.39 is 0 Å². The van der Waals surface area contributed by atoms with Crippen LogP contribution in [0.25, 0.3) is 0 Å². The van der Waals surface area contributed by atoms with E-state index in [4.69, 9.17) is 11.6 Å². The lowest BCUT2D eigenvalue weighted by molar-refractivity contribution is 0.0635. The van der Waals surface area contributed by atoms with Crippen LogP contribution in [0.1, 0.15) is 63.0 Å². The predicted molar refractivity (Wildman–Crippen MR) is 82.3 cm³/mol. The molecule has 4 heteroatoms. The molecule has 1 aliphatic rings. The van der Waals surface area contributed by atoms with Crippen LogP contribution in [0.15, 0.2) is 12.1 Å². The van der Waals surface area contributed by atoms with Gasteiger partial charge in [-0.25, -0.2) is 4.98 Å². The van der Waals surface area contributed by atoms with Gasteiger partial charge in [-0.05, 0) is 38.3 Å². The second-order valence-electron chi connectivity index (χ2n) is 6.66. The van der Waals surface area contributed by atoms with Gasteiger partial charge in [0.05, 0.1) is 0 Å². The molecule has 0 aliphatic carbocycles. The van der Waals surface area contributed by atoms with E-state index in [0.717, 1.165) is 25.1 Å². The van der Waals surface area contributed by atoms with Crippen LogP contribution < -0.4 is 0 Å². The molecule has 0 aromatic carbocycles. The summed E-state index contributed by atoms with van der Waals surface area (Å²) in [6, 6.07) is 3.87. The molecule has 1 unspecified atom stereocenters. The number of hydrogen-bond acceptors (Lipinski definition) is 2. The lowest BCUT2D eigenvalue weighted by atomic mass is 9.90. The van der Waals surface area contributed by atoms with Gasteiger partial charge in [0.15, 0.2) is 0 Å². The summed E-state index contributed by atoms with van der Waals surface area (Å²) in [6.45, 7) is 9.17. The first-order valence-electron chi connectivity index (χ1n) is 7.28. The molecule has 1 aromatic rings. The van der Waals surface area contributed by atoms with Gasteiger partial charge in [0, 0.05) is 29.3 Å². The van der Waals surface area contributed by atoms with E-state index in [1.807, 2.05) is 11.0 Å². The molecule has 1 saturated heterocycles. The lowest BCUT2D eigenvalue weighted by Gasteiger charge is -2.33. The van der Waals surface area contributed by atoms with Crippen molar-refractivity contribution >= 4 is 17.5 Å². The molecule has 1 aromatic heterocycles. The van der Waals surface area contributed by atoms with E-state index in [-0.39, 0.29) is 11.3 Å². The molecule has 2 rings (SSSR count). The number of likely N-dealkylation sites (tertiary alicyclic amines) is 1. The molecule has 20 heavy (non-hydrogen) atoms. The molecule has 1 atom stereocenters. The third-order valence-corrected chi connectivity index (χ3v) is 4.07. The van der Waals surface area contributed by atoms with E-state index in [9.17, 15) is 4.79 Å². The monoisotopic (exact) mass is 294 g/mol. The Morgan fingerprint density at radius 3 is 2.65 bits per heavy atom. The maximum Gasteiger partial charge on any atom is 0.254 e. The molecule has 1 fully saturated rings. The number of amides is 1. The molecule has 1 aliphatic heterocycles. The molecule has 2 heterocycles. The van der Waals surface area contributed by atoms with Gasteiger partial charge in [0.1, 0.15) is 5.15 Å². The summed E-state index contributed by atoms with van der Waals surface area (Å²) in [5.74, 6) is 0.0759. The summed E-state index contributed by atoms with van der Waals surface area (Å²) in [5.41, 5.74) is 1.40. The third-order valence-electron chi connectivity index (χ3n) is 3.87. The van der Waals surface area contributed by atoms with Gasteiger partial charge in [0.2, 0.25) is 0 Å². The van der Waals surface area contributed by atoms with Crippen molar-refractivity contribution in [1.82, 2.24) is 9.88 Å². The highest BCUT2D eigenvalue weighted by molar-refractivity contribution is 6.29. The number of carbonyl (C=O) groups is 1. The highest BCUT2D eigenvalue weighted by Crippen LogP contribution is 2.25. The summed E-state index contributed by atoms with van der Waals surface area (Å²) in [6.07, 6.45) is 3.37. The fourth-order valence-corrected chi connectivity index (χ4v) is 2.78. The van der Waals surface area contributed by atoms with Crippen LogP contribution in [0.3, 0.4) is 0 Å². The van der Waals surface area contributed by atoms with Crippen LogP contribution >= 0.6 is 11.6 Å². The minimum absolute atomic E-state index is 0.0759. The van der Waals surface area contributed by atoms with E-state index >= 15 is 0 Å². The summed E-state index contributed by atoms with van der Waals surface area (Å²) in [5, 5.41) is 0.394. The fourth-order valence-electron chi connectivity index (χ4n) is 2.57. The number of aromatic nitrogens is 1. The van der Waals surface area contributed by atoms with Crippen molar-refractivity contribution in [1.29, 1.82) is 0 Å². The van der Waals surface area contributed by atoms with Crippen LogP contribution in [0.5, 0.6) is 0 Å². The summed E-state index contributed by atoms with van der Waals surface area (Å²) >= 11 is 6.09. The van der Waals surface area contributed by atoms with Gasteiger partial charge in [-0.3, -0.25) is 4.79 Å². The molecule has 3 nitrogen and oxygen atoms in total. The van der Waals surface area contributed by atoms with Gasteiger partial charge < -0.3 is 4.90 Å².